The summed E-state index contributed by atoms with van der Waals surface area (Å²) in [4.78, 5) is 14.8. The van der Waals surface area contributed by atoms with Gasteiger partial charge in [0.2, 0.25) is 5.91 Å². The smallest absolute Gasteiger partial charge is 0.237 e. The molecule has 2 aromatic rings. The number of rotatable bonds is 5. The number of amides is 1. The monoisotopic (exact) mass is 308 g/mol. The van der Waals surface area contributed by atoms with E-state index in [4.69, 9.17) is 0 Å². The third-order valence-corrected chi connectivity index (χ3v) is 4.40. The van der Waals surface area contributed by atoms with E-state index in [0.29, 0.717) is 0 Å². The summed E-state index contributed by atoms with van der Waals surface area (Å²) in [6, 6.07) is 20.8. The molecule has 0 radical (unpaired) electrons. The van der Waals surface area contributed by atoms with Crippen LogP contribution in [0.5, 0.6) is 0 Å². The van der Waals surface area contributed by atoms with E-state index in [-0.39, 0.29) is 11.9 Å². The van der Waals surface area contributed by atoms with E-state index in [9.17, 15) is 4.79 Å². The lowest BCUT2D eigenvalue weighted by molar-refractivity contribution is -0.126. The van der Waals surface area contributed by atoms with Crippen molar-refractivity contribution in [3.8, 4) is 0 Å². The van der Waals surface area contributed by atoms with Gasteiger partial charge in [0, 0.05) is 19.6 Å². The molecule has 1 atom stereocenters. The first-order valence-corrected chi connectivity index (χ1v) is 8.42. The zero-order chi connectivity index (χ0) is 15.9. The van der Waals surface area contributed by atoms with Crippen molar-refractivity contribution in [3.63, 3.8) is 0 Å². The maximum absolute atomic E-state index is 12.5. The van der Waals surface area contributed by atoms with Crippen molar-refractivity contribution in [1.29, 1.82) is 0 Å². The highest BCUT2D eigenvalue weighted by Crippen LogP contribution is 2.19. The van der Waals surface area contributed by atoms with Crippen LogP contribution in [0.25, 0.3) is 0 Å². The third-order valence-electron chi connectivity index (χ3n) is 4.40. The van der Waals surface area contributed by atoms with E-state index in [0.717, 1.165) is 38.9 Å². The standard InChI is InChI=1S/C20H24N2O/c23-20-19(13-7-8-14-21-20)22(15-17-9-3-1-4-10-17)16-18-11-5-2-6-12-18/h1-6,9-12,19H,7-8,13-16H2,(H,21,23). The van der Waals surface area contributed by atoms with Gasteiger partial charge in [0.25, 0.3) is 0 Å². The quantitative estimate of drug-likeness (QED) is 0.918. The second-order valence-corrected chi connectivity index (χ2v) is 6.18. The van der Waals surface area contributed by atoms with Gasteiger partial charge in [-0.2, -0.15) is 0 Å². The van der Waals surface area contributed by atoms with E-state index in [2.05, 4.69) is 58.7 Å². The Labute approximate surface area is 138 Å². The Morgan fingerprint density at radius 2 is 1.43 bits per heavy atom. The molecule has 0 spiro atoms. The summed E-state index contributed by atoms with van der Waals surface area (Å²) in [5.74, 6) is 0.175. The van der Waals surface area contributed by atoms with E-state index < -0.39 is 0 Å². The van der Waals surface area contributed by atoms with Crippen molar-refractivity contribution in [2.45, 2.75) is 38.4 Å². The van der Waals surface area contributed by atoms with Gasteiger partial charge in [0.15, 0.2) is 0 Å². The minimum Gasteiger partial charge on any atom is -0.355 e. The van der Waals surface area contributed by atoms with Crippen molar-refractivity contribution in [1.82, 2.24) is 10.2 Å². The summed E-state index contributed by atoms with van der Waals surface area (Å²) in [6.07, 6.45) is 3.11. The summed E-state index contributed by atoms with van der Waals surface area (Å²) in [5.41, 5.74) is 2.50. The number of carbonyl (C=O) groups excluding carboxylic acids is 1. The van der Waals surface area contributed by atoms with Crippen LogP contribution < -0.4 is 5.32 Å². The largest absolute Gasteiger partial charge is 0.355 e. The average molecular weight is 308 g/mol. The molecular weight excluding hydrogens is 284 g/mol. The molecular formula is C20H24N2O. The fraction of sp³-hybridized carbons (Fsp3) is 0.350. The van der Waals surface area contributed by atoms with Gasteiger partial charge in [-0.25, -0.2) is 0 Å². The Hall–Kier alpha value is -2.13. The van der Waals surface area contributed by atoms with Crippen LogP contribution in [0.1, 0.15) is 30.4 Å². The van der Waals surface area contributed by atoms with Crippen LogP contribution in [-0.4, -0.2) is 23.4 Å². The molecule has 1 N–H and O–H groups in total. The van der Waals surface area contributed by atoms with Crippen molar-refractivity contribution in [2.24, 2.45) is 0 Å². The highest BCUT2D eigenvalue weighted by Gasteiger charge is 2.27. The lowest BCUT2D eigenvalue weighted by atomic mass is 10.1. The summed E-state index contributed by atoms with van der Waals surface area (Å²) in [6.45, 7) is 2.40. The second kappa shape index (κ2) is 7.93. The number of nitrogens with one attached hydrogen (secondary N) is 1. The van der Waals surface area contributed by atoms with Crippen LogP contribution in [0, 0.1) is 0 Å². The molecule has 0 saturated carbocycles. The van der Waals surface area contributed by atoms with E-state index in [1.54, 1.807) is 0 Å². The van der Waals surface area contributed by atoms with Crippen molar-refractivity contribution in [3.05, 3.63) is 71.8 Å². The summed E-state index contributed by atoms with van der Waals surface area (Å²) in [5, 5.41) is 3.07. The molecule has 1 amide bonds. The molecule has 1 aliphatic heterocycles. The highest BCUT2D eigenvalue weighted by molar-refractivity contribution is 5.81. The molecule has 3 nitrogen and oxygen atoms in total. The minimum atomic E-state index is -0.0436. The summed E-state index contributed by atoms with van der Waals surface area (Å²) >= 11 is 0. The molecule has 1 aliphatic rings. The van der Waals surface area contributed by atoms with Crippen LogP contribution in [0.2, 0.25) is 0 Å². The molecule has 1 heterocycles. The molecule has 0 bridgehead atoms. The van der Waals surface area contributed by atoms with Crippen LogP contribution in [0.3, 0.4) is 0 Å². The van der Waals surface area contributed by atoms with Crippen molar-refractivity contribution < 1.29 is 4.79 Å². The van der Waals surface area contributed by atoms with Crippen LogP contribution >= 0.6 is 0 Å². The molecule has 0 aliphatic carbocycles. The minimum absolute atomic E-state index is 0.0436. The molecule has 1 fully saturated rings. The number of carbonyl (C=O) groups is 1. The molecule has 2 aromatic carbocycles. The van der Waals surface area contributed by atoms with Gasteiger partial charge in [-0.15, -0.1) is 0 Å². The topological polar surface area (TPSA) is 32.3 Å². The van der Waals surface area contributed by atoms with Gasteiger partial charge in [-0.3, -0.25) is 9.69 Å². The average Bonchev–Trinajstić information content (AvgIpc) is 2.81. The Kier molecular flexibility index (Phi) is 5.43. The van der Waals surface area contributed by atoms with Gasteiger partial charge in [-0.05, 0) is 30.4 Å². The second-order valence-electron chi connectivity index (χ2n) is 6.18. The number of hydrogen-bond donors (Lipinski definition) is 1. The maximum atomic E-state index is 12.5. The fourth-order valence-corrected chi connectivity index (χ4v) is 3.18. The molecule has 1 saturated heterocycles. The number of hydrogen-bond acceptors (Lipinski definition) is 2. The predicted octanol–water partition coefficient (Wildman–Crippen LogP) is 3.36. The zero-order valence-electron chi connectivity index (χ0n) is 13.4. The van der Waals surface area contributed by atoms with Crippen LogP contribution in [0.15, 0.2) is 60.7 Å². The molecule has 3 rings (SSSR count). The van der Waals surface area contributed by atoms with Crippen LogP contribution in [0.4, 0.5) is 0 Å². The van der Waals surface area contributed by atoms with Crippen LogP contribution in [-0.2, 0) is 17.9 Å². The van der Waals surface area contributed by atoms with Gasteiger partial charge >= 0.3 is 0 Å². The van der Waals surface area contributed by atoms with Crippen molar-refractivity contribution in [2.75, 3.05) is 6.54 Å². The lowest BCUT2D eigenvalue weighted by Gasteiger charge is -2.30. The van der Waals surface area contributed by atoms with Gasteiger partial charge < -0.3 is 5.32 Å². The first-order valence-electron chi connectivity index (χ1n) is 8.42. The molecule has 120 valence electrons. The Morgan fingerprint density at radius 3 is 2.00 bits per heavy atom. The molecule has 23 heavy (non-hydrogen) atoms. The maximum Gasteiger partial charge on any atom is 0.237 e. The molecule has 0 aromatic heterocycles. The molecule has 1 unspecified atom stereocenters. The van der Waals surface area contributed by atoms with E-state index >= 15 is 0 Å². The summed E-state index contributed by atoms with van der Waals surface area (Å²) < 4.78 is 0. The number of nitrogens with zero attached hydrogens (tertiary/aromatic N) is 1. The van der Waals surface area contributed by atoms with Gasteiger partial charge in [0.1, 0.15) is 0 Å². The first kappa shape index (κ1) is 15.8. The van der Waals surface area contributed by atoms with E-state index in [1.807, 2.05) is 12.1 Å². The molecule has 3 heteroatoms. The first-order chi connectivity index (χ1) is 11.3. The predicted molar refractivity (Wildman–Crippen MR) is 92.8 cm³/mol. The third kappa shape index (κ3) is 4.42. The Bertz CT molecular complexity index is 571. The van der Waals surface area contributed by atoms with Crippen molar-refractivity contribution >= 4 is 5.91 Å². The fourth-order valence-electron chi connectivity index (χ4n) is 3.18. The Balaban J connectivity index is 1.81. The zero-order valence-corrected chi connectivity index (χ0v) is 13.4. The SMILES string of the molecule is O=C1NCCCCC1N(Cc1ccccc1)Cc1ccccc1. The van der Waals surface area contributed by atoms with E-state index in [1.165, 1.54) is 11.1 Å². The Morgan fingerprint density at radius 1 is 0.870 bits per heavy atom. The van der Waals surface area contributed by atoms with Gasteiger partial charge in [-0.1, -0.05) is 60.7 Å². The number of benzene rings is 2. The van der Waals surface area contributed by atoms with Gasteiger partial charge in [0.05, 0.1) is 6.04 Å². The lowest BCUT2D eigenvalue weighted by Crippen LogP contribution is -2.45. The summed E-state index contributed by atoms with van der Waals surface area (Å²) in [7, 11) is 0. The normalized spacial score (nSPS) is 18.5. The highest BCUT2D eigenvalue weighted by atomic mass is 16.2.